The molecule has 0 unspecified atom stereocenters. The minimum atomic E-state index is -3.92. The molecule has 1 aliphatic heterocycles. The number of para-hydroxylation sites is 1. The second kappa shape index (κ2) is 8.11. The van der Waals surface area contributed by atoms with Crippen molar-refractivity contribution >= 4 is 15.7 Å². The second-order valence-electron chi connectivity index (χ2n) is 6.26. The maximum Gasteiger partial charge on any atom is 0.289 e. The summed E-state index contributed by atoms with van der Waals surface area (Å²) < 4.78 is 32.1. The van der Waals surface area contributed by atoms with Gasteiger partial charge in [0.25, 0.3) is 5.69 Å². The molecule has 1 fully saturated rings. The second-order valence-corrected chi connectivity index (χ2v) is 8.17. The number of aromatic nitrogens is 2. The van der Waals surface area contributed by atoms with E-state index < -0.39 is 20.6 Å². The van der Waals surface area contributed by atoms with Crippen molar-refractivity contribution in [3.63, 3.8) is 0 Å². The molecule has 27 heavy (non-hydrogen) atoms. The molecule has 1 aromatic heterocycles. The average Bonchev–Trinajstić information content (AvgIpc) is 3.09. The lowest BCUT2D eigenvalue weighted by Gasteiger charge is -2.32. The highest BCUT2D eigenvalue weighted by atomic mass is 32.2. The van der Waals surface area contributed by atoms with Gasteiger partial charge in [-0.05, 0) is 12.5 Å². The standard InChI is InChI=1S/C16H21N5O5S/c1-2-5-15-17-16(26-18-15)12-19-8-10-20(11-9-19)27(24,25)14-7-4-3-6-13(14)21(22)23/h3-4,6-7H,2,5,8-12H2,1H3. The predicted octanol–water partition coefficient (Wildman–Crippen LogP) is 1.44. The fourth-order valence-electron chi connectivity index (χ4n) is 2.96. The summed E-state index contributed by atoms with van der Waals surface area (Å²) in [6.07, 6.45) is 1.69. The maximum atomic E-state index is 12.8. The molecule has 0 saturated carbocycles. The Morgan fingerprint density at radius 2 is 1.93 bits per heavy atom. The third-order valence-corrected chi connectivity index (χ3v) is 6.30. The summed E-state index contributed by atoms with van der Waals surface area (Å²) in [7, 11) is -3.92. The van der Waals surface area contributed by atoms with Crippen molar-refractivity contribution in [1.82, 2.24) is 19.3 Å². The number of benzene rings is 1. The number of rotatable bonds is 7. The van der Waals surface area contributed by atoms with Crippen LogP contribution in [-0.2, 0) is 23.0 Å². The van der Waals surface area contributed by atoms with Crippen molar-refractivity contribution in [3.8, 4) is 0 Å². The Morgan fingerprint density at radius 3 is 2.59 bits per heavy atom. The molecular formula is C16H21N5O5S. The van der Waals surface area contributed by atoms with E-state index in [4.69, 9.17) is 4.52 Å². The normalized spacial score (nSPS) is 16.5. The third kappa shape index (κ3) is 4.31. The smallest absolute Gasteiger partial charge is 0.289 e. The Bertz CT molecular complexity index is 905. The van der Waals surface area contributed by atoms with Gasteiger partial charge in [-0.1, -0.05) is 24.2 Å². The minimum Gasteiger partial charge on any atom is -0.338 e. The summed E-state index contributed by atoms with van der Waals surface area (Å²) in [5.74, 6) is 1.18. The molecule has 0 bridgehead atoms. The molecule has 0 spiro atoms. The molecule has 0 aliphatic carbocycles. The van der Waals surface area contributed by atoms with Crippen molar-refractivity contribution in [2.45, 2.75) is 31.2 Å². The lowest BCUT2D eigenvalue weighted by atomic mass is 10.3. The molecule has 10 nitrogen and oxygen atoms in total. The minimum absolute atomic E-state index is 0.240. The number of nitro benzene ring substituents is 1. The first kappa shape index (κ1) is 19.4. The van der Waals surface area contributed by atoms with Gasteiger partial charge < -0.3 is 4.52 Å². The molecule has 11 heteroatoms. The molecule has 0 amide bonds. The van der Waals surface area contributed by atoms with Gasteiger partial charge in [0.1, 0.15) is 0 Å². The van der Waals surface area contributed by atoms with E-state index in [1.807, 2.05) is 11.8 Å². The quantitative estimate of drug-likeness (QED) is 0.510. The highest BCUT2D eigenvalue weighted by molar-refractivity contribution is 7.89. The van der Waals surface area contributed by atoms with Gasteiger partial charge in [-0.3, -0.25) is 15.0 Å². The van der Waals surface area contributed by atoms with Crippen LogP contribution >= 0.6 is 0 Å². The van der Waals surface area contributed by atoms with Crippen LogP contribution in [0.5, 0.6) is 0 Å². The molecule has 0 radical (unpaired) electrons. The van der Waals surface area contributed by atoms with Crippen LogP contribution < -0.4 is 0 Å². The Labute approximate surface area is 157 Å². The van der Waals surface area contributed by atoms with E-state index in [0.29, 0.717) is 31.3 Å². The van der Waals surface area contributed by atoms with Gasteiger partial charge in [-0.15, -0.1) is 0 Å². The van der Waals surface area contributed by atoms with Gasteiger partial charge in [-0.2, -0.15) is 9.29 Å². The van der Waals surface area contributed by atoms with Gasteiger partial charge in [-0.25, -0.2) is 8.42 Å². The number of aryl methyl sites for hydroxylation is 1. The Balaban J connectivity index is 1.65. The van der Waals surface area contributed by atoms with Crippen LogP contribution in [0.4, 0.5) is 5.69 Å². The average molecular weight is 395 g/mol. The molecule has 2 aromatic rings. The summed E-state index contributed by atoms with van der Waals surface area (Å²) in [4.78, 5) is 16.5. The fraction of sp³-hybridized carbons (Fsp3) is 0.500. The summed E-state index contributed by atoms with van der Waals surface area (Å²) in [6.45, 7) is 3.92. The van der Waals surface area contributed by atoms with Crippen molar-refractivity contribution in [3.05, 3.63) is 46.1 Å². The van der Waals surface area contributed by atoms with Crippen molar-refractivity contribution in [1.29, 1.82) is 0 Å². The molecule has 3 rings (SSSR count). The van der Waals surface area contributed by atoms with Gasteiger partial charge in [0.05, 0.1) is 11.5 Å². The first-order chi connectivity index (χ1) is 12.9. The Morgan fingerprint density at radius 1 is 1.22 bits per heavy atom. The zero-order valence-electron chi connectivity index (χ0n) is 14.9. The highest BCUT2D eigenvalue weighted by Crippen LogP contribution is 2.27. The van der Waals surface area contributed by atoms with Gasteiger partial charge >= 0.3 is 0 Å². The van der Waals surface area contributed by atoms with Crippen molar-refractivity contribution in [2.75, 3.05) is 26.2 Å². The number of piperazine rings is 1. The Hall–Kier alpha value is -2.37. The van der Waals surface area contributed by atoms with Crippen molar-refractivity contribution < 1.29 is 17.9 Å². The highest BCUT2D eigenvalue weighted by Gasteiger charge is 2.33. The first-order valence-electron chi connectivity index (χ1n) is 8.69. The van der Waals surface area contributed by atoms with Crippen LogP contribution in [0.1, 0.15) is 25.1 Å². The van der Waals surface area contributed by atoms with Gasteiger partial charge in [0.2, 0.25) is 15.9 Å². The van der Waals surface area contributed by atoms with Gasteiger partial charge in [0, 0.05) is 38.7 Å². The van der Waals surface area contributed by atoms with Crippen LogP contribution in [0.25, 0.3) is 0 Å². The number of hydrogen-bond acceptors (Lipinski definition) is 8. The van der Waals surface area contributed by atoms with Crippen LogP contribution in [0.15, 0.2) is 33.7 Å². The van der Waals surface area contributed by atoms with Crippen LogP contribution in [0.2, 0.25) is 0 Å². The van der Waals surface area contributed by atoms with Crippen molar-refractivity contribution in [2.24, 2.45) is 0 Å². The largest absolute Gasteiger partial charge is 0.338 e. The van der Waals surface area contributed by atoms with Crippen LogP contribution in [-0.4, -0.2) is 58.9 Å². The van der Waals surface area contributed by atoms with E-state index >= 15 is 0 Å². The monoisotopic (exact) mass is 395 g/mol. The van der Waals surface area contributed by atoms with E-state index in [-0.39, 0.29) is 18.0 Å². The molecule has 0 N–H and O–H groups in total. The predicted molar refractivity (Wildman–Crippen MR) is 95.4 cm³/mol. The lowest BCUT2D eigenvalue weighted by Crippen LogP contribution is -2.48. The zero-order chi connectivity index (χ0) is 19.4. The van der Waals surface area contributed by atoms with Crippen LogP contribution in [0, 0.1) is 10.1 Å². The third-order valence-electron chi connectivity index (χ3n) is 4.35. The molecular weight excluding hydrogens is 374 g/mol. The van der Waals surface area contributed by atoms with Gasteiger partial charge in [0.15, 0.2) is 10.7 Å². The molecule has 146 valence electrons. The maximum absolute atomic E-state index is 12.8. The Kier molecular flexibility index (Phi) is 5.82. The summed E-state index contributed by atoms with van der Waals surface area (Å²) in [5, 5.41) is 15.1. The van der Waals surface area contributed by atoms with E-state index in [2.05, 4.69) is 10.1 Å². The summed E-state index contributed by atoms with van der Waals surface area (Å²) in [5.41, 5.74) is -0.408. The number of nitrogens with zero attached hydrogens (tertiary/aromatic N) is 5. The molecule has 1 aromatic carbocycles. The lowest BCUT2D eigenvalue weighted by molar-refractivity contribution is -0.387. The van der Waals surface area contributed by atoms with E-state index in [0.717, 1.165) is 12.8 Å². The number of nitro groups is 1. The SMILES string of the molecule is CCCc1noc(CN2CCN(S(=O)(=O)c3ccccc3[N+](=O)[O-])CC2)n1. The fourth-order valence-corrected chi connectivity index (χ4v) is 4.54. The summed E-state index contributed by atoms with van der Waals surface area (Å²) >= 11 is 0. The number of sulfonamides is 1. The molecule has 0 atom stereocenters. The first-order valence-corrected chi connectivity index (χ1v) is 10.1. The number of hydrogen-bond donors (Lipinski definition) is 0. The zero-order valence-corrected chi connectivity index (χ0v) is 15.8. The van der Waals surface area contributed by atoms with Crippen LogP contribution in [0.3, 0.4) is 0 Å². The van der Waals surface area contributed by atoms with E-state index in [1.54, 1.807) is 0 Å². The topological polar surface area (TPSA) is 123 Å². The van der Waals surface area contributed by atoms with E-state index in [1.165, 1.54) is 28.6 Å². The molecule has 1 saturated heterocycles. The molecule has 1 aliphatic rings. The summed E-state index contributed by atoms with van der Waals surface area (Å²) in [6, 6.07) is 5.41. The van der Waals surface area contributed by atoms with E-state index in [9.17, 15) is 18.5 Å². The molecule has 2 heterocycles.